The Balaban J connectivity index is 1.60. The highest BCUT2D eigenvalue weighted by Gasteiger charge is 2.31. The highest BCUT2D eigenvalue weighted by molar-refractivity contribution is 7.92. The predicted octanol–water partition coefficient (Wildman–Crippen LogP) is 6.88. The average molecular weight is 655 g/mol. The molecule has 2 heterocycles. The van der Waals surface area contributed by atoms with Crippen LogP contribution >= 0.6 is 22.9 Å². The van der Waals surface area contributed by atoms with Crippen molar-refractivity contribution >= 4 is 50.2 Å². The van der Waals surface area contributed by atoms with Gasteiger partial charge in [-0.2, -0.15) is 5.26 Å². The largest absolute Gasteiger partial charge is 0.573 e. The van der Waals surface area contributed by atoms with Crippen LogP contribution in [0.25, 0.3) is 11.3 Å². The minimum absolute atomic E-state index is 0.0147. The minimum atomic E-state index is -5.02. The number of hydrogen-bond donors (Lipinski definition) is 2. The van der Waals surface area contributed by atoms with Gasteiger partial charge >= 0.3 is 6.36 Å². The van der Waals surface area contributed by atoms with E-state index in [-0.39, 0.29) is 43.8 Å². The van der Waals surface area contributed by atoms with Gasteiger partial charge in [0.25, 0.3) is 5.91 Å². The Labute approximate surface area is 251 Å². The molecule has 1 amide bonds. The molecule has 0 aliphatic carbocycles. The lowest BCUT2D eigenvalue weighted by molar-refractivity contribution is -0.274. The number of pyridine rings is 1. The summed E-state index contributed by atoms with van der Waals surface area (Å²) < 4.78 is 86.8. The molecule has 0 atom stereocenters. The summed E-state index contributed by atoms with van der Waals surface area (Å²) in [6.07, 6.45) is -2.78. The summed E-state index contributed by atoms with van der Waals surface area (Å²) in [5.41, 5.74) is 1.18. The van der Waals surface area contributed by atoms with Gasteiger partial charge in [-0.15, -0.1) is 24.5 Å². The molecule has 9 nitrogen and oxygen atoms in total. The third-order valence-corrected chi connectivity index (χ3v) is 7.27. The van der Waals surface area contributed by atoms with Crippen LogP contribution in [0.2, 0.25) is 5.02 Å². The number of hydrogen-bond acceptors (Lipinski definition) is 8. The van der Waals surface area contributed by atoms with Gasteiger partial charge in [-0.1, -0.05) is 11.6 Å². The van der Waals surface area contributed by atoms with E-state index in [2.05, 4.69) is 19.8 Å². The number of aryl methyl sites for hydroxylation is 1. The number of alkyl halides is 3. The molecule has 2 aromatic heterocycles. The fraction of sp³-hybridized carbons (Fsp3) is 0.148. The van der Waals surface area contributed by atoms with E-state index >= 15 is 0 Å². The van der Waals surface area contributed by atoms with Crippen molar-refractivity contribution in [2.24, 2.45) is 0 Å². The number of thiophene rings is 1. The topological polar surface area (TPSA) is 130 Å². The number of aromatic nitrogens is 1. The molecule has 4 rings (SSSR count). The lowest BCUT2D eigenvalue weighted by Crippen LogP contribution is -2.17. The van der Waals surface area contributed by atoms with Crippen molar-refractivity contribution in [3.8, 4) is 28.8 Å². The van der Waals surface area contributed by atoms with Crippen molar-refractivity contribution in [2.75, 3.05) is 16.3 Å². The van der Waals surface area contributed by atoms with Gasteiger partial charge in [0.2, 0.25) is 10.0 Å². The molecule has 4 aromatic rings. The van der Waals surface area contributed by atoms with Crippen molar-refractivity contribution in [3.05, 3.63) is 86.4 Å². The van der Waals surface area contributed by atoms with E-state index in [1.807, 2.05) is 6.07 Å². The van der Waals surface area contributed by atoms with Crippen LogP contribution in [-0.4, -0.2) is 31.9 Å². The number of carbonyl (C=O) groups excluding carboxylic acids is 1. The summed E-state index contributed by atoms with van der Waals surface area (Å²) in [4.78, 5) is 18.2. The fourth-order valence-corrected chi connectivity index (χ4v) is 5.53. The number of carbonyl (C=O) groups is 1. The number of nitriles is 1. The summed E-state index contributed by atoms with van der Waals surface area (Å²) in [6.45, 7) is 1.31. The zero-order chi connectivity index (χ0) is 31.5. The second kappa shape index (κ2) is 12.5. The van der Waals surface area contributed by atoms with Gasteiger partial charge in [0.1, 0.15) is 35.7 Å². The van der Waals surface area contributed by atoms with E-state index in [0.717, 1.165) is 29.7 Å². The molecule has 2 N–H and O–H groups in total. The summed E-state index contributed by atoms with van der Waals surface area (Å²) >= 11 is 7.18. The van der Waals surface area contributed by atoms with E-state index in [4.69, 9.17) is 16.3 Å². The Hall–Kier alpha value is -4.39. The van der Waals surface area contributed by atoms with Crippen LogP contribution in [0, 0.1) is 24.1 Å². The molecule has 0 aliphatic heterocycles. The van der Waals surface area contributed by atoms with Gasteiger partial charge in [0.05, 0.1) is 22.4 Å². The quantitative estimate of drug-likeness (QED) is 0.188. The van der Waals surface area contributed by atoms with Gasteiger partial charge in [0, 0.05) is 39.5 Å². The summed E-state index contributed by atoms with van der Waals surface area (Å²) in [5, 5.41) is 12.2. The third-order valence-electron chi connectivity index (χ3n) is 5.40. The second-order valence-electron chi connectivity index (χ2n) is 8.95. The first kappa shape index (κ1) is 31.5. The zero-order valence-corrected chi connectivity index (χ0v) is 24.4. The SMILES string of the molecule is Cc1sc(C(=O)Nc2cc(Cl)cc(NS(C)(=O)=O)c2)cc1-c1ncc(C#N)cc1OCc1cc(F)cc(OC(F)(F)F)c1. The maximum Gasteiger partial charge on any atom is 0.573 e. The molecule has 0 saturated heterocycles. The van der Waals surface area contributed by atoms with Crippen LogP contribution in [0.4, 0.5) is 28.9 Å². The second-order valence-corrected chi connectivity index (χ2v) is 12.4. The van der Waals surface area contributed by atoms with Gasteiger partial charge in [-0.25, -0.2) is 12.8 Å². The lowest BCUT2D eigenvalue weighted by Gasteiger charge is -2.13. The number of nitrogens with zero attached hydrogens (tertiary/aromatic N) is 2. The smallest absolute Gasteiger partial charge is 0.487 e. The first-order valence-electron chi connectivity index (χ1n) is 11.9. The predicted molar refractivity (Wildman–Crippen MR) is 152 cm³/mol. The molecule has 0 unspecified atom stereocenters. The van der Waals surface area contributed by atoms with Crippen molar-refractivity contribution in [1.29, 1.82) is 5.26 Å². The highest BCUT2D eigenvalue weighted by Crippen LogP contribution is 2.37. The van der Waals surface area contributed by atoms with E-state index in [1.165, 1.54) is 36.5 Å². The molecule has 0 saturated carbocycles. The number of amides is 1. The van der Waals surface area contributed by atoms with E-state index in [9.17, 15) is 36.0 Å². The zero-order valence-electron chi connectivity index (χ0n) is 22.0. The summed E-state index contributed by atoms with van der Waals surface area (Å²) in [6, 6.07) is 11.5. The summed E-state index contributed by atoms with van der Waals surface area (Å²) in [5.74, 6) is -2.23. The van der Waals surface area contributed by atoms with Gasteiger partial charge in [-0.3, -0.25) is 14.5 Å². The average Bonchev–Trinajstić information content (AvgIpc) is 3.26. The third kappa shape index (κ3) is 8.80. The summed E-state index contributed by atoms with van der Waals surface area (Å²) in [7, 11) is -3.60. The number of sulfonamides is 1. The van der Waals surface area contributed by atoms with Crippen molar-refractivity contribution in [3.63, 3.8) is 0 Å². The Kier molecular flexibility index (Phi) is 9.14. The van der Waals surface area contributed by atoms with Crippen LogP contribution < -0.4 is 19.5 Å². The molecule has 0 spiro atoms. The Bertz CT molecular complexity index is 1860. The van der Waals surface area contributed by atoms with Gasteiger partial charge in [-0.05, 0) is 48.9 Å². The van der Waals surface area contributed by atoms with Crippen LogP contribution in [0.15, 0.2) is 54.7 Å². The molecule has 2 aromatic carbocycles. The molecule has 16 heteroatoms. The van der Waals surface area contributed by atoms with Crippen molar-refractivity contribution in [1.82, 2.24) is 4.98 Å². The maximum absolute atomic E-state index is 14.0. The van der Waals surface area contributed by atoms with E-state index in [0.29, 0.717) is 16.5 Å². The van der Waals surface area contributed by atoms with Crippen LogP contribution in [0.1, 0.15) is 25.7 Å². The molecule has 43 heavy (non-hydrogen) atoms. The van der Waals surface area contributed by atoms with Crippen molar-refractivity contribution in [2.45, 2.75) is 19.9 Å². The standard InChI is InChI=1S/C27H19ClF4N4O5S2/c1-14-22(10-24(42-14)26(37)35-19-6-17(28)7-20(9-19)36-43(2,38)39)25-23(5-16(11-33)12-34-25)40-13-15-3-18(29)8-21(4-15)41-27(30,31)32/h3-10,12,36H,13H2,1-2H3,(H,35,37). The number of ether oxygens (including phenoxy) is 2. The highest BCUT2D eigenvalue weighted by atomic mass is 35.5. The number of halogens is 5. The number of rotatable bonds is 9. The monoisotopic (exact) mass is 654 g/mol. The van der Waals surface area contributed by atoms with E-state index < -0.39 is 40.5 Å². The number of nitrogens with one attached hydrogen (secondary N) is 2. The minimum Gasteiger partial charge on any atom is -0.487 e. The molecular weight excluding hydrogens is 636 g/mol. The molecule has 0 bridgehead atoms. The molecular formula is C27H19ClF4N4O5S2. The van der Waals surface area contributed by atoms with Gasteiger partial charge < -0.3 is 14.8 Å². The first-order valence-corrected chi connectivity index (χ1v) is 15.0. The molecule has 0 radical (unpaired) electrons. The Morgan fingerprint density at radius 3 is 2.51 bits per heavy atom. The lowest BCUT2D eigenvalue weighted by atomic mass is 10.1. The molecule has 0 fully saturated rings. The van der Waals surface area contributed by atoms with Crippen LogP contribution in [0.5, 0.6) is 11.5 Å². The first-order chi connectivity index (χ1) is 20.1. The Morgan fingerprint density at radius 2 is 1.84 bits per heavy atom. The van der Waals surface area contributed by atoms with Gasteiger partial charge in [0.15, 0.2) is 0 Å². The number of anilines is 2. The van der Waals surface area contributed by atoms with Crippen LogP contribution in [-0.2, 0) is 16.6 Å². The maximum atomic E-state index is 14.0. The number of benzene rings is 2. The normalized spacial score (nSPS) is 11.5. The van der Waals surface area contributed by atoms with Crippen LogP contribution in [0.3, 0.4) is 0 Å². The molecule has 224 valence electrons. The van der Waals surface area contributed by atoms with Crippen molar-refractivity contribution < 1.29 is 40.2 Å². The molecule has 0 aliphatic rings. The Morgan fingerprint density at radius 1 is 1.12 bits per heavy atom. The van der Waals surface area contributed by atoms with E-state index in [1.54, 1.807) is 6.92 Å². The fourth-order valence-electron chi connectivity index (χ4n) is 3.83.